The van der Waals surface area contributed by atoms with Gasteiger partial charge in [0, 0.05) is 18.3 Å². The zero-order chi connectivity index (χ0) is 15.1. The fourth-order valence-electron chi connectivity index (χ4n) is 2.21. The van der Waals surface area contributed by atoms with Gasteiger partial charge in [0.05, 0.1) is 5.54 Å². The Morgan fingerprint density at radius 3 is 2.19 bits per heavy atom. The predicted molar refractivity (Wildman–Crippen MR) is 74.4 cm³/mol. The Bertz CT molecular complexity index is 621. The molecule has 7 heteroatoms. The highest BCUT2D eigenvalue weighted by Crippen LogP contribution is 2.36. The summed E-state index contributed by atoms with van der Waals surface area (Å²) in [5.74, 6) is 2.48. The van der Waals surface area contributed by atoms with Crippen molar-refractivity contribution in [3.05, 3.63) is 23.4 Å². The van der Waals surface area contributed by atoms with Crippen molar-refractivity contribution in [2.45, 2.75) is 63.8 Å². The molecule has 2 N–H and O–H groups in total. The molecule has 3 rings (SSSR count). The minimum Gasteiger partial charge on any atom is -0.339 e. The fraction of sp³-hybridized carbons (Fsp3) is 0.714. The maximum absolute atomic E-state index is 6.17. The van der Waals surface area contributed by atoms with Gasteiger partial charge in [-0.2, -0.15) is 9.97 Å². The van der Waals surface area contributed by atoms with Gasteiger partial charge in [0.2, 0.25) is 11.8 Å². The van der Waals surface area contributed by atoms with Crippen molar-refractivity contribution in [2.24, 2.45) is 5.73 Å². The molecule has 0 spiro atoms. The molecular weight excluding hydrogens is 270 g/mol. The molecule has 2 aromatic heterocycles. The molecule has 0 unspecified atom stereocenters. The summed E-state index contributed by atoms with van der Waals surface area (Å²) in [7, 11) is 0. The average Bonchev–Trinajstić information content (AvgIpc) is 3.02. The normalized spacial score (nSPS) is 17.7. The molecule has 0 bridgehead atoms. The maximum atomic E-state index is 6.17. The van der Waals surface area contributed by atoms with E-state index in [9.17, 15) is 0 Å². The van der Waals surface area contributed by atoms with Gasteiger partial charge in [0.15, 0.2) is 11.6 Å². The van der Waals surface area contributed by atoms with Gasteiger partial charge in [0.1, 0.15) is 0 Å². The quantitative estimate of drug-likeness (QED) is 0.916. The van der Waals surface area contributed by atoms with Crippen LogP contribution < -0.4 is 5.73 Å². The largest absolute Gasteiger partial charge is 0.339 e. The van der Waals surface area contributed by atoms with Gasteiger partial charge >= 0.3 is 0 Å². The molecule has 0 amide bonds. The van der Waals surface area contributed by atoms with Crippen molar-refractivity contribution in [3.8, 4) is 0 Å². The number of hydrogen-bond donors (Lipinski definition) is 1. The first-order valence-electron chi connectivity index (χ1n) is 7.32. The lowest BCUT2D eigenvalue weighted by atomic mass is 9.77. The van der Waals surface area contributed by atoms with Gasteiger partial charge in [-0.25, -0.2) is 0 Å². The monoisotopic (exact) mass is 291 g/mol. The van der Waals surface area contributed by atoms with Gasteiger partial charge in [-0.15, -0.1) is 0 Å². The Labute approximate surface area is 123 Å². The van der Waals surface area contributed by atoms with Crippen molar-refractivity contribution >= 4 is 0 Å². The first kappa shape index (κ1) is 14.2. The van der Waals surface area contributed by atoms with Crippen LogP contribution in [-0.4, -0.2) is 20.3 Å². The highest BCUT2D eigenvalue weighted by atomic mass is 16.5. The van der Waals surface area contributed by atoms with Crippen LogP contribution in [0.5, 0.6) is 0 Å². The summed E-state index contributed by atoms with van der Waals surface area (Å²) < 4.78 is 10.5. The van der Waals surface area contributed by atoms with Crippen LogP contribution in [0.25, 0.3) is 0 Å². The molecule has 114 valence electrons. The van der Waals surface area contributed by atoms with Crippen LogP contribution in [0.4, 0.5) is 0 Å². The minimum absolute atomic E-state index is 0.116. The van der Waals surface area contributed by atoms with E-state index in [1.165, 1.54) is 0 Å². The molecule has 0 aromatic carbocycles. The topological polar surface area (TPSA) is 104 Å². The molecule has 1 aliphatic carbocycles. The van der Waals surface area contributed by atoms with E-state index in [-0.39, 0.29) is 11.0 Å². The molecule has 0 radical (unpaired) electrons. The van der Waals surface area contributed by atoms with Gasteiger partial charge < -0.3 is 14.8 Å². The van der Waals surface area contributed by atoms with Crippen LogP contribution in [0.1, 0.15) is 63.5 Å². The van der Waals surface area contributed by atoms with Crippen molar-refractivity contribution in [3.63, 3.8) is 0 Å². The third-order valence-electron chi connectivity index (χ3n) is 3.85. The summed E-state index contributed by atoms with van der Waals surface area (Å²) in [5, 5.41) is 7.98. The molecule has 7 nitrogen and oxygen atoms in total. The highest BCUT2D eigenvalue weighted by Gasteiger charge is 2.38. The molecule has 21 heavy (non-hydrogen) atoms. The second-order valence-corrected chi connectivity index (χ2v) is 6.78. The second-order valence-electron chi connectivity index (χ2n) is 6.78. The maximum Gasteiger partial charge on any atom is 0.227 e. The Morgan fingerprint density at radius 1 is 1.05 bits per heavy atom. The summed E-state index contributed by atoms with van der Waals surface area (Å²) in [6.07, 6.45) is 4.13. The lowest BCUT2D eigenvalue weighted by molar-refractivity contribution is 0.229. The predicted octanol–water partition coefficient (Wildman–Crippen LogP) is 1.87. The first-order valence-corrected chi connectivity index (χ1v) is 7.32. The van der Waals surface area contributed by atoms with Crippen LogP contribution in [0.2, 0.25) is 0 Å². The van der Waals surface area contributed by atoms with E-state index < -0.39 is 0 Å². The first-order chi connectivity index (χ1) is 9.87. The zero-order valence-corrected chi connectivity index (χ0v) is 12.7. The molecule has 1 aliphatic rings. The minimum atomic E-state index is -0.383. The number of nitrogens with two attached hydrogens (primary N) is 1. The lowest BCUT2D eigenvalue weighted by Gasteiger charge is -2.34. The second kappa shape index (κ2) is 4.91. The Kier molecular flexibility index (Phi) is 3.32. The smallest absolute Gasteiger partial charge is 0.227 e. The van der Waals surface area contributed by atoms with Crippen molar-refractivity contribution in [1.29, 1.82) is 0 Å². The molecular formula is C14H21N5O2. The van der Waals surface area contributed by atoms with E-state index in [1.807, 2.05) is 20.8 Å². The molecule has 2 heterocycles. The Morgan fingerprint density at radius 2 is 1.67 bits per heavy atom. The molecule has 0 atom stereocenters. The SMILES string of the molecule is CC(C)(C)c1noc(CCc2nc(C3(N)CCC3)no2)n1. The van der Waals surface area contributed by atoms with Gasteiger partial charge in [0.25, 0.3) is 0 Å². The van der Waals surface area contributed by atoms with Crippen LogP contribution in [0.3, 0.4) is 0 Å². The summed E-state index contributed by atoms with van der Waals surface area (Å²) in [6, 6.07) is 0. The van der Waals surface area contributed by atoms with E-state index in [2.05, 4.69) is 20.3 Å². The van der Waals surface area contributed by atoms with Gasteiger partial charge in [-0.1, -0.05) is 31.1 Å². The molecule has 2 aromatic rings. The van der Waals surface area contributed by atoms with E-state index in [0.717, 1.165) is 19.3 Å². The van der Waals surface area contributed by atoms with Crippen LogP contribution in [0, 0.1) is 0 Å². The lowest BCUT2D eigenvalue weighted by Crippen LogP contribution is -2.44. The Hall–Kier alpha value is -1.76. The summed E-state index contributed by atoms with van der Waals surface area (Å²) >= 11 is 0. The number of hydrogen-bond acceptors (Lipinski definition) is 7. The number of aromatic nitrogens is 4. The molecule has 1 fully saturated rings. The van der Waals surface area contributed by atoms with Crippen LogP contribution in [-0.2, 0) is 23.8 Å². The van der Waals surface area contributed by atoms with Crippen LogP contribution in [0.15, 0.2) is 9.05 Å². The van der Waals surface area contributed by atoms with E-state index >= 15 is 0 Å². The standard InChI is InChI=1S/C14H21N5O2/c1-13(2,3)11-16-9(20-18-11)5-6-10-17-12(19-21-10)14(15)7-4-8-14/h4-8,15H2,1-3H3. The molecule has 0 aliphatic heterocycles. The third-order valence-corrected chi connectivity index (χ3v) is 3.85. The van der Waals surface area contributed by atoms with E-state index in [4.69, 9.17) is 14.8 Å². The van der Waals surface area contributed by atoms with E-state index in [1.54, 1.807) is 0 Å². The number of rotatable bonds is 4. The summed E-state index contributed by atoms with van der Waals surface area (Å²) in [4.78, 5) is 8.77. The third kappa shape index (κ3) is 2.83. The number of nitrogens with zero attached hydrogens (tertiary/aromatic N) is 4. The van der Waals surface area contributed by atoms with Gasteiger partial charge in [-0.05, 0) is 19.3 Å². The zero-order valence-electron chi connectivity index (χ0n) is 12.7. The van der Waals surface area contributed by atoms with Crippen molar-refractivity contribution < 1.29 is 9.05 Å². The highest BCUT2D eigenvalue weighted by molar-refractivity contribution is 5.09. The van der Waals surface area contributed by atoms with E-state index in [0.29, 0.717) is 36.3 Å². The summed E-state index contributed by atoms with van der Waals surface area (Å²) in [6.45, 7) is 6.14. The van der Waals surface area contributed by atoms with Crippen LogP contribution >= 0.6 is 0 Å². The molecule has 1 saturated carbocycles. The van der Waals surface area contributed by atoms with Crippen molar-refractivity contribution in [2.75, 3.05) is 0 Å². The Balaban J connectivity index is 1.61. The number of aryl methyl sites for hydroxylation is 2. The van der Waals surface area contributed by atoms with Crippen molar-refractivity contribution in [1.82, 2.24) is 20.3 Å². The summed E-state index contributed by atoms with van der Waals surface area (Å²) in [5.41, 5.74) is 5.67. The van der Waals surface area contributed by atoms with Gasteiger partial charge in [-0.3, -0.25) is 0 Å². The fourth-order valence-corrected chi connectivity index (χ4v) is 2.21. The average molecular weight is 291 g/mol. The molecule has 0 saturated heterocycles.